The maximum Gasteiger partial charge on any atom is 0.218 e. The van der Waals surface area contributed by atoms with Gasteiger partial charge in [-0.1, -0.05) is 18.2 Å². The van der Waals surface area contributed by atoms with Crippen LogP contribution in [0.5, 0.6) is 0 Å². The van der Waals surface area contributed by atoms with E-state index < -0.39 is 21.9 Å². The van der Waals surface area contributed by atoms with E-state index in [0.717, 1.165) is 12.8 Å². The zero-order valence-electron chi connectivity index (χ0n) is 11.5. The van der Waals surface area contributed by atoms with Crippen molar-refractivity contribution in [1.29, 1.82) is 0 Å². The van der Waals surface area contributed by atoms with Gasteiger partial charge in [0.1, 0.15) is 5.82 Å². The van der Waals surface area contributed by atoms with Gasteiger partial charge in [-0.15, -0.1) is 0 Å². The number of benzene rings is 1. The van der Waals surface area contributed by atoms with E-state index in [0.29, 0.717) is 13.1 Å². The van der Waals surface area contributed by atoms with Crippen LogP contribution in [-0.2, 0) is 15.8 Å². The third kappa shape index (κ3) is 3.56. The van der Waals surface area contributed by atoms with Crippen LogP contribution in [0.1, 0.15) is 25.3 Å². The molecule has 6 heteroatoms. The second-order valence-corrected chi connectivity index (χ2v) is 7.32. The highest BCUT2D eigenvalue weighted by Gasteiger charge is 2.31. The lowest BCUT2D eigenvalue weighted by Gasteiger charge is -2.33. The lowest BCUT2D eigenvalue weighted by Crippen LogP contribution is -2.43. The van der Waals surface area contributed by atoms with Gasteiger partial charge in [0.25, 0.3) is 0 Å². The number of aliphatic hydroxyl groups excluding tert-OH is 1. The van der Waals surface area contributed by atoms with E-state index in [4.69, 9.17) is 0 Å². The molecule has 2 unspecified atom stereocenters. The largest absolute Gasteiger partial charge is 0.393 e. The number of rotatable bonds is 4. The third-order valence-electron chi connectivity index (χ3n) is 3.79. The second-order valence-electron chi connectivity index (χ2n) is 5.35. The van der Waals surface area contributed by atoms with Gasteiger partial charge >= 0.3 is 0 Å². The zero-order valence-corrected chi connectivity index (χ0v) is 12.3. The molecule has 0 radical (unpaired) electrons. The summed E-state index contributed by atoms with van der Waals surface area (Å²) in [5.41, 5.74) is 0.187. The first-order valence-electron chi connectivity index (χ1n) is 6.79. The first kappa shape index (κ1) is 15.4. The fourth-order valence-corrected chi connectivity index (χ4v) is 4.16. The third-order valence-corrected chi connectivity index (χ3v) is 5.59. The van der Waals surface area contributed by atoms with Gasteiger partial charge in [0.15, 0.2) is 0 Å². The van der Waals surface area contributed by atoms with Crippen molar-refractivity contribution >= 4 is 10.0 Å². The van der Waals surface area contributed by atoms with Gasteiger partial charge in [0, 0.05) is 18.7 Å². The lowest BCUT2D eigenvalue weighted by atomic mass is 9.95. The standard InChI is InChI=1S/C14H20FNO3S/c1-11(17)12-6-4-8-16(9-12)20(18,19)10-13-5-2-3-7-14(13)15/h2-3,5,7,11-12,17H,4,6,8-10H2,1H3. The number of nitrogens with zero attached hydrogens (tertiary/aromatic N) is 1. The fraction of sp³-hybridized carbons (Fsp3) is 0.571. The van der Waals surface area contributed by atoms with Crippen molar-refractivity contribution in [2.75, 3.05) is 13.1 Å². The molecular formula is C14H20FNO3S. The van der Waals surface area contributed by atoms with Crippen LogP contribution in [0.15, 0.2) is 24.3 Å². The van der Waals surface area contributed by atoms with Crippen LogP contribution in [0.2, 0.25) is 0 Å². The first-order chi connectivity index (χ1) is 9.40. The van der Waals surface area contributed by atoms with Gasteiger partial charge in [-0.05, 0) is 31.7 Å². The highest BCUT2D eigenvalue weighted by atomic mass is 32.2. The van der Waals surface area contributed by atoms with E-state index in [-0.39, 0.29) is 17.2 Å². The molecule has 1 heterocycles. The average Bonchev–Trinajstić information content (AvgIpc) is 2.41. The summed E-state index contributed by atoms with van der Waals surface area (Å²) in [6, 6.07) is 5.92. The quantitative estimate of drug-likeness (QED) is 0.922. The number of hydrogen-bond acceptors (Lipinski definition) is 3. The summed E-state index contributed by atoms with van der Waals surface area (Å²) in [6.07, 6.45) is 1.02. The normalized spacial score (nSPS) is 22.6. The number of aliphatic hydroxyl groups is 1. The zero-order chi connectivity index (χ0) is 14.8. The van der Waals surface area contributed by atoms with Crippen LogP contribution >= 0.6 is 0 Å². The lowest BCUT2D eigenvalue weighted by molar-refractivity contribution is 0.0885. The number of piperidine rings is 1. The Morgan fingerprint density at radius 2 is 2.15 bits per heavy atom. The van der Waals surface area contributed by atoms with Crippen molar-refractivity contribution in [1.82, 2.24) is 4.31 Å². The summed E-state index contributed by atoms with van der Waals surface area (Å²) in [6.45, 7) is 2.44. The molecule has 0 spiro atoms. The van der Waals surface area contributed by atoms with Crippen LogP contribution < -0.4 is 0 Å². The van der Waals surface area contributed by atoms with Crippen LogP contribution in [0.3, 0.4) is 0 Å². The molecule has 1 aromatic rings. The van der Waals surface area contributed by atoms with Crippen LogP contribution in [0.25, 0.3) is 0 Å². The molecule has 1 aromatic carbocycles. The van der Waals surface area contributed by atoms with Crippen molar-refractivity contribution in [3.63, 3.8) is 0 Å². The van der Waals surface area contributed by atoms with E-state index in [2.05, 4.69) is 0 Å². The summed E-state index contributed by atoms with van der Waals surface area (Å²) >= 11 is 0. The van der Waals surface area contributed by atoms with Crippen molar-refractivity contribution in [2.24, 2.45) is 5.92 Å². The van der Waals surface area contributed by atoms with Crippen molar-refractivity contribution in [3.8, 4) is 0 Å². The van der Waals surface area contributed by atoms with Gasteiger partial charge in [-0.25, -0.2) is 17.1 Å². The van der Waals surface area contributed by atoms with E-state index in [1.54, 1.807) is 13.0 Å². The Hall–Kier alpha value is -0.980. The molecule has 20 heavy (non-hydrogen) atoms. The van der Waals surface area contributed by atoms with Crippen molar-refractivity contribution in [3.05, 3.63) is 35.6 Å². The van der Waals surface area contributed by atoms with E-state index in [1.807, 2.05) is 0 Å². The molecule has 2 atom stereocenters. The second kappa shape index (κ2) is 6.20. The topological polar surface area (TPSA) is 57.6 Å². The highest BCUT2D eigenvalue weighted by molar-refractivity contribution is 7.88. The molecule has 0 aliphatic carbocycles. The van der Waals surface area contributed by atoms with Gasteiger partial charge in [-0.2, -0.15) is 0 Å². The Kier molecular flexibility index (Phi) is 4.78. The predicted molar refractivity (Wildman–Crippen MR) is 75.0 cm³/mol. The molecule has 1 aliphatic heterocycles. The predicted octanol–water partition coefficient (Wildman–Crippen LogP) is 1.75. The van der Waals surface area contributed by atoms with Gasteiger partial charge in [0.05, 0.1) is 11.9 Å². The van der Waals surface area contributed by atoms with E-state index in [1.165, 1.54) is 22.5 Å². The molecular weight excluding hydrogens is 281 g/mol. The summed E-state index contributed by atoms with van der Waals surface area (Å²) in [5, 5.41) is 9.61. The molecule has 1 fully saturated rings. The van der Waals surface area contributed by atoms with Gasteiger partial charge < -0.3 is 5.11 Å². The molecule has 0 amide bonds. The number of hydrogen-bond donors (Lipinski definition) is 1. The molecule has 0 bridgehead atoms. The molecule has 0 aromatic heterocycles. The van der Waals surface area contributed by atoms with Gasteiger partial charge in [-0.3, -0.25) is 0 Å². The highest BCUT2D eigenvalue weighted by Crippen LogP contribution is 2.24. The molecule has 2 rings (SSSR count). The molecule has 1 saturated heterocycles. The molecule has 1 aliphatic rings. The Labute approximate surface area is 119 Å². The Bertz CT molecular complexity index is 559. The minimum absolute atomic E-state index is 0.0425. The maximum absolute atomic E-state index is 13.6. The molecule has 0 saturated carbocycles. The summed E-state index contributed by atoms with van der Waals surface area (Å²) in [4.78, 5) is 0. The molecule has 112 valence electrons. The molecule has 1 N–H and O–H groups in total. The maximum atomic E-state index is 13.6. The summed E-state index contributed by atoms with van der Waals surface area (Å²) in [7, 11) is -3.54. The molecule has 4 nitrogen and oxygen atoms in total. The number of sulfonamides is 1. The monoisotopic (exact) mass is 301 g/mol. The Morgan fingerprint density at radius 1 is 1.45 bits per heavy atom. The van der Waals surface area contributed by atoms with Crippen molar-refractivity contribution in [2.45, 2.75) is 31.6 Å². The van der Waals surface area contributed by atoms with E-state index >= 15 is 0 Å². The van der Waals surface area contributed by atoms with Crippen LogP contribution in [0, 0.1) is 11.7 Å². The Morgan fingerprint density at radius 3 is 2.80 bits per heavy atom. The minimum Gasteiger partial charge on any atom is -0.393 e. The average molecular weight is 301 g/mol. The summed E-state index contributed by atoms with van der Waals surface area (Å²) < 4.78 is 39.7. The van der Waals surface area contributed by atoms with Crippen LogP contribution in [-0.4, -0.2) is 37.0 Å². The number of halogens is 1. The van der Waals surface area contributed by atoms with Gasteiger partial charge in [0.2, 0.25) is 10.0 Å². The first-order valence-corrected chi connectivity index (χ1v) is 8.40. The SMILES string of the molecule is CC(O)C1CCCN(S(=O)(=O)Cc2ccccc2F)C1. The Balaban J connectivity index is 2.12. The van der Waals surface area contributed by atoms with Crippen molar-refractivity contribution < 1.29 is 17.9 Å². The van der Waals surface area contributed by atoms with E-state index in [9.17, 15) is 17.9 Å². The van der Waals surface area contributed by atoms with Crippen LogP contribution in [0.4, 0.5) is 4.39 Å². The smallest absolute Gasteiger partial charge is 0.218 e. The summed E-state index contributed by atoms with van der Waals surface area (Å²) in [5.74, 6) is -0.869. The fourth-order valence-electron chi connectivity index (χ4n) is 2.52. The minimum atomic E-state index is -3.54.